The lowest BCUT2D eigenvalue weighted by Gasteiger charge is -2.40. The smallest absolute Gasteiger partial charge is 0.0628 e. The van der Waals surface area contributed by atoms with Crippen molar-refractivity contribution in [2.45, 2.75) is 83.9 Å². The van der Waals surface area contributed by atoms with E-state index in [2.05, 4.69) is 32.6 Å². The van der Waals surface area contributed by atoms with Gasteiger partial charge < -0.3 is 19.1 Å². The molecule has 0 N–H and O–H groups in total. The van der Waals surface area contributed by atoms with Crippen LogP contribution in [0.25, 0.3) is 0 Å². The van der Waals surface area contributed by atoms with Gasteiger partial charge in [-0.2, -0.15) is 0 Å². The number of piperidine rings is 1. The summed E-state index contributed by atoms with van der Waals surface area (Å²) in [5.41, 5.74) is 0. The van der Waals surface area contributed by atoms with Gasteiger partial charge in [0.1, 0.15) is 0 Å². The molecule has 0 atom stereocenters. The number of nitrogens with zero attached hydrogens (tertiary/aromatic N) is 1. The van der Waals surface area contributed by atoms with Crippen LogP contribution in [0.3, 0.4) is 0 Å². The number of likely N-dealkylation sites (tertiary alicyclic amines) is 1. The first-order valence-corrected chi connectivity index (χ1v) is 8.67. The van der Waals surface area contributed by atoms with E-state index in [1.54, 1.807) is 0 Å². The zero-order valence-electron chi connectivity index (χ0n) is 14.2. The van der Waals surface area contributed by atoms with E-state index in [1.807, 2.05) is 0 Å². The third-order valence-corrected chi connectivity index (χ3v) is 4.29. The number of hydrogen-bond acceptors (Lipinski definition) is 4. The summed E-state index contributed by atoms with van der Waals surface area (Å²) < 4.78 is 17.6. The Morgan fingerprint density at radius 1 is 0.905 bits per heavy atom. The summed E-state index contributed by atoms with van der Waals surface area (Å²) in [6.45, 7) is 12.6. The average molecular weight is 299 g/mol. The van der Waals surface area contributed by atoms with Gasteiger partial charge in [-0.1, -0.05) is 0 Å². The highest BCUT2D eigenvalue weighted by Gasteiger charge is 2.33. The zero-order chi connectivity index (χ0) is 15.2. The van der Waals surface area contributed by atoms with E-state index < -0.39 is 0 Å². The quantitative estimate of drug-likeness (QED) is 0.689. The van der Waals surface area contributed by atoms with Crippen molar-refractivity contribution in [3.8, 4) is 0 Å². The third kappa shape index (κ3) is 6.23. The SMILES string of the molecule is CC(C)OCCN1CCC(OC2CC(OC(C)C)C2)CC1. The molecule has 21 heavy (non-hydrogen) atoms. The minimum absolute atomic E-state index is 0.338. The summed E-state index contributed by atoms with van der Waals surface area (Å²) in [4.78, 5) is 2.49. The van der Waals surface area contributed by atoms with Crippen molar-refractivity contribution in [2.24, 2.45) is 0 Å². The Hall–Kier alpha value is -0.160. The van der Waals surface area contributed by atoms with Crippen LogP contribution in [-0.2, 0) is 14.2 Å². The van der Waals surface area contributed by atoms with Crippen LogP contribution in [0, 0.1) is 0 Å². The zero-order valence-corrected chi connectivity index (χ0v) is 14.2. The molecule has 4 heteroatoms. The summed E-state index contributed by atoms with van der Waals surface area (Å²) >= 11 is 0. The van der Waals surface area contributed by atoms with Crippen molar-refractivity contribution >= 4 is 0 Å². The van der Waals surface area contributed by atoms with Crippen LogP contribution in [0.5, 0.6) is 0 Å². The molecular formula is C17H33NO3. The number of ether oxygens (including phenoxy) is 3. The number of rotatable bonds is 8. The predicted octanol–water partition coefficient (Wildman–Crippen LogP) is 2.85. The fraction of sp³-hybridized carbons (Fsp3) is 1.00. The molecule has 0 radical (unpaired) electrons. The van der Waals surface area contributed by atoms with Crippen LogP contribution >= 0.6 is 0 Å². The molecule has 2 aliphatic rings. The highest BCUT2D eigenvalue weighted by molar-refractivity contribution is 4.84. The van der Waals surface area contributed by atoms with Crippen molar-refractivity contribution in [3.05, 3.63) is 0 Å². The van der Waals surface area contributed by atoms with Crippen LogP contribution in [-0.4, -0.2) is 61.7 Å². The molecule has 0 unspecified atom stereocenters. The predicted molar refractivity (Wildman–Crippen MR) is 84.7 cm³/mol. The van der Waals surface area contributed by atoms with Crippen molar-refractivity contribution in [1.82, 2.24) is 4.90 Å². The molecular weight excluding hydrogens is 266 g/mol. The first-order chi connectivity index (χ1) is 10.0. The lowest BCUT2D eigenvalue weighted by molar-refractivity contribution is -0.146. The van der Waals surface area contributed by atoms with Crippen LogP contribution in [0.4, 0.5) is 0 Å². The largest absolute Gasteiger partial charge is 0.377 e. The Bertz CT molecular complexity index is 282. The van der Waals surface area contributed by atoms with Crippen LogP contribution in [0.15, 0.2) is 0 Å². The molecule has 0 aromatic carbocycles. The van der Waals surface area contributed by atoms with Crippen LogP contribution in [0.1, 0.15) is 53.4 Å². The standard InChI is InChI=1S/C17H33NO3/c1-13(2)19-10-9-18-7-5-15(6-8-18)21-17-11-16(12-17)20-14(3)4/h13-17H,5-12H2,1-4H3. The lowest BCUT2D eigenvalue weighted by atomic mass is 9.91. The fourth-order valence-electron chi connectivity index (χ4n) is 3.08. The van der Waals surface area contributed by atoms with Gasteiger partial charge in [-0.05, 0) is 53.4 Å². The van der Waals surface area contributed by atoms with E-state index in [0.29, 0.717) is 30.5 Å². The molecule has 2 rings (SSSR count). The van der Waals surface area contributed by atoms with Gasteiger partial charge in [0.2, 0.25) is 0 Å². The van der Waals surface area contributed by atoms with Gasteiger partial charge in [0.15, 0.2) is 0 Å². The normalized spacial score (nSPS) is 28.3. The van der Waals surface area contributed by atoms with E-state index in [-0.39, 0.29) is 0 Å². The van der Waals surface area contributed by atoms with Gasteiger partial charge in [-0.15, -0.1) is 0 Å². The molecule has 1 heterocycles. The van der Waals surface area contributed by atoms with Gasteiger partial charge in [-0.25, -0.2) is 0 Å². The molecule has 0 bridgehead atoms. The first-order valence-electron chi connectivity index (χ1n) is 8.67. The summed E-state index contributed by atoms with van der Waals surface area (Å²) in [6.07, 6.45) is 6.50. The monoisotopic (exact) mass is 299 g/mol. The molecule has 0 aromatic heterocycles. The Labute approximate surface area is 130 Å². The van der Waals surface area contributed by atoms with Crippen molar-refractivity contribution in [1.29, 1.82) is 0 Å². The Kier molecular flexibility index (Phi) is 6.93. The molecule has 4 nitrogen and oxygen atoms in total. The van der Waals surface area contributed by atoms with Gasteiger partial charge in [0, 0.05) is 19.6 Å². The molecule has 0 aromatic rings. The second-order valence-corrected chi connectivity index (χ2v) is 7.00. The van der Waals surface area contributed by atoms with Crippen molar-refractivity contribution in [2.75, 3.05) is 26.2 Å². The van der Waals surface area contributed by atoms with E-state index in [9.17, 15) is 0 Å². The lowest BCUT2D eigenvalue weighted by Crippen LogP contribution is -2.44. The van der Waals surface area contributed by atoms with E-state index in [0.717, 1.165) is 51.9 Å². The first kappa shape index (κ1) is 17.2. The van der Waals surface area contributed by atoms with Gasteiger partial charge in [-0.3, -0.25) is 0 Å². The Balaban J connectivity index is 1.52. The van der Waals surface area contributed by atoms with E-state index in [1.165, 1.54) is 0 Å². The second kappa shape index (κ2) is 8.47. The molecule has 0 amide bonds. The Morgan fingerprint density at radius 2 is 1.57 bits per heavy atom. The molecule has 1 aliphatic carbocycles. The highest BCUT2D eigenvalue weighted by Crippen LogP contribution is 2.30. The molecule has 1 saturated heterocycles. The third-order valence-electron chi connectivity index (χ3n) is 4.29. The maximum Gasteiger partial charge on any atom is 0.0628 e. The van der Waals surface area contributed by atoms with Crippen molar-refractivity contribution in [3.63, 3.8) is 0 Å². The van der Waals surface area contributed by atoms with Gasteiger partial charge in [0.25, 0.3) is 0 Å². The topological polar surface area (TPSA) is 30.9 Å². The Morgan fingerprint density at radius 3 is 2.14 bits per heavy atom. The minimum Gasteiger partial charge on any atom is -0.377 e. The average Bonchev–Trinajstić information content (AvgIpc) is 2.37. The van der Waals surface area contributed by atoms with Gasteiger partial charge in [0.05, 0.1) is 37.1 Å². The molecule has 2 fully saturated rings. The summed E-state index contributed by atoms with van der Waals surface area (Å²) in [6, 6.07) is 0. The molecule has 124 valence electrons. The maximum absolute atomic E-state index is 6.19. The minimum atomic E-state index is 0.338. The fourth-order valence-corrected chi connectivity index (χ4v) is 3.08. The van der Waals surface area contributed by atoms with Gasteiger partial charge >= 0.3 is 0 Å². The van der Waals surface area contributed by atoms with Crippen LogP contribution < -0.4 is 0 Å². The van der Waals surface area contributed by atoms with E-state index >= 15 is 0 Å². The summed E-state index contributed by atoms with van der Waals surface area (Å²) in [5, 5.41) is 0. The number of hydrogen-bond donors (Lipinski definition) is 0. The molecule has 1 aliphatic heterocycles. The molecule has 0 spiro atoms. The summed E-state index contributed by atoms with van der Waals surface area (Å²) in [7, 11) is 0. The summed E-state index contributed by atoms with van der Waals surface area (Å²) in [5.74, 6) is 0. The van der Waals surface area contributed by atoms with E-state index in [4.69, 9.17) is 14.2 Å². The highest BCUT2D eigenvalue weighted by atomic mass is 16.5. The second-order valence-electron chi connectivity index (χ2n) is 7.00. The van der Waals surface area contributed by atoms with Crippen LogP contribution in [0.2, 0.25) is 0 Å². The molecule has 1 saturated carbocycles. The van der Waals surface area contributed by atoms with Crippen molar-refractivity contribution < 1.29 is 14.2 Å². The maximum atomic E-state index is 6.19.